The van der Waals surface area contributed by atoms with Crippen molar-refractivity contribution in [1.82, 2.24) is 0 Å². The van der Waals surface area contributed by atoms with Gasteiger partial charge in [-0.25, -0.2) is 4.39 Å². The summed E-state index contributed by atoms with van der Waals surface area (Å²) < 4.78 is 14.1. The molecule has 0 atom stereocenters. The van der Waals surface area contributed by atoms with E-state index in [1.807, 2.05) is 19.1 Å². The van der Waals surface area contributed by atoms with Crippen molar-refractivity contribution >= 4 is 21.6 Å². The fourth-order valence-corrected chi connectivity index (χ4v) is 2.14. The predicted molar refractivity (Wildman–Crippen MR) is 77.3 cm³/mol. The number of nitrogens with one attached hydrogen (secondary N) is 1. The van der Waals surface area contributed by atoms with Crippen LogP contribution in [0.5, 0.6) is 0 Å². The second kappa shape index (κ2) is 5.85. The smallest absolute Gasteiger partial charge is 0.123 e. The highest BCUT2D eigenvalue weighted by Gasteiger charge is 2.04. The molecule has 1 N–H and O–H groups in total. The zero-order valence-electron chi connectivity index (χ0n) is 10.4. The number of nitrogens with zero attached hydrogens (tertiary/aromatic N) is 1. The van der Waals surface area contributed by atoms with Crippen LogP contribution in [0.2, 0.25) is 0 Å². The molecule has 2 rings (SSSR count). The second-order valence-corrected chi connectivity index (χ2v) is 5.14. The molecule has 0 heterocycles. The van der Waals surface area contributed by atoms with Gasteiger partial charge in [-0.05, 0) is 48.4 Å². The Morgan fingerprint density at radius 2 is 2.05 bits per heavy atom. The van der Waals surface area contributed by atoms with Crippen LogP contribution in [0, 0.1) is 24.1 Å². The van der Waals surface area contributed by atoms with Gasteiger partial charge in [0.2, 0.25) is 0 Å². The molecule has 0 bridgehead atoms. The average Bonchev–Trinajstić information content (AvgIpc) is 2.40. The minimum absolute atomic E-state index is 0.253. The fourth-order valence-electron chi connectivity index (χ4n) is 1.78. The molecule has 0 unspecified atom stereocenters. The van der Waals surface area contributed by atoms with Gasteiger partial charge in [-0.2, -0.15) is 5.26 Å². The number of halogens is 2. The summed E-state index contributed by atoms with van der Waals surface area (Å²) in [5.41, 5.74) is 3.20. The predicted octanol–water partition coefficient (Wildman–Crippen LogP) is 4.38. The Labute approximate surface area is 120 Å². The molecule has 2 nitrogen and oxygen atoms in total. The number of nitriles is 1. The van der Waals surface area contributed by atoms with E-state index in [1.165, 1.54) is 12.1 Å². The molecule has 96 valence electrons. The van der Waals surface area contributed by atoms with Gasteiger partial charge in [0, 0.05) is 11.0 Å². The van der Waals surface area contributed by atoms with Crippen molar-refractivity contribution in [1.29, 1.82) is 5.26 Å². The Hall–Kier alpha value is -1.86. The number of aryl methyl sites for hydroxylation is 1. The van der Waals surface area contributed by atoms with Gasteiger partial charge in [-0.15, -0.1) is 0 Å². The van der Waals surface area contributed by atoms with E-state index in [9.17, 15) is 4.39 Å². The lowest BCUT2D eigenvalue weighted by Gasteiger charge is -2.11. The van der Waals surface area contributed by atoms with Crippen LogP contribution in [0.25, 0.3) is 0 Å². The van der Waals surface area contributed by atoms with Crippen LogP contribution in [-0.4, -0.2) is 0 Å². The van der Waals surface area contributed by atoms with Crippen molar-refractivity contribution in [2.75, 3.05) is 5.32 Å². The summed E-state index contributed by atoms with van der Waals surface area (Å²) in [7, 11) is 0. The quantitative estimate of drug-likeness (QED) is 0.911. The van der Waals surface area contributed by atoms with Crippen LogP contribution >= 0.6 is 15.9 Å². The summed E-state index contributed by atoms with van der Waals surface area (Å²) in [6.07, 6.45) is 0. The summed E-state index contributed by atoms with van der Waals surface area (Å²) in [4.78, 5) is 0. The molecular formula is C15H12BrFN2. The van der Waals surface area contributed by atoms with Gasteiger partial charge in [0.15, 0.2) is 0 Å². The molecule has 0 aromatic heterocycles. The lowest BCUT2D eigenvalue weighted by molar-refractivity contribution is 0.625. The van der Waals surface area contributed by atoms with E-state index < -0.39 is 0 Å². The molecule has 0 radical (unpaired) electrons. The van der Waals surface area contributed by atoms with Crippen molar-refractivity contribution in [3.05, 3.63) is 63.4 Å². The number of rotatable bonds is 3. The first kappa shape index (κ1) is 13.6. The Kier molecular flexibility index (Phi) is 4.18. The lowest BCUT2D eigenvalue weighted by atomic mass is 10.1. The third-order valence-electron chi connectivity index (χ3n) is 2.88. The standard InChI is InChI=1S/C15H12BrFN2/c1-10-2-5-14(17)6-12(10)9-19-15-7-13(16)4-3-11(15)8-18/h2-7,19H,9H2,1H3. The van der Waals surface area contributed by atoms with Crippen molar-refractivity contribution < 1.29 is 4.39 Å². The highest BCUT2D eigenvalue weighted by atomic mass is 79.9. The maximum Gasteiger partial charge on any atom is 0.123 e. The third-order valence-corrected chi connectivity index (χ3v) is 3.38. The number of benzene rings is 2. The van der Waals surface area contributed by atoms with Crippen molar-refractivity contribution in [2.24, 2.45) is 0 Å². The summed E-state index contributed by atoms with van der Waals surface area (Å²) in [5, 5.41) is 12.2. The Balaban J connectivity index is 2.21. The van der Waals surface area contributed by atoms with Gasteiger partial charge in [-0.3, -0.25) is 0 Å². The van der Waals surface area contributed by atoms with Crippen LogP contribution in [0.1, 0.15) is 16.7 Å². The molecule has 2 aromatic carbocycles. The first-order valence-corrected chi connectivity index (χ1v) is 6.58. The molecule has 0 fully saturated rings. The highest BCUT2D eigenvalue weighted by Crippen LogP contribution is 2.22. The molecule has 0 aliphatic rings. The van der Waals surface area contributed by atoms with E-state index in [1.54, 1.807) is 12.1 Å². The third kappa shape index (κ3) is 3.33. The minimum atomic E-state index is -0.253. The summed E-state index contributed by atoms with van der Waals surface area (Å²) in [6.45, 7) is 2.41. The van der Waals surface area contributed by atoms with E-state index in [2.05, 4.69) is 27.3 Å². The van der Waals surface area contributed by atoms with Gasteiger partial charge in [-0.1, -0.05) is 22.0 Å². The van der Waals surface area contributed by atoms with E-state index >= 15 is 0 Å². The van der Waals surface area contributed by atoms with Crippen molar-refractivity contribution in [2.45, 2.75) is 13.5 Å². The molecule has 19 heavy (non-hydrogen) atoms. The highest BCUT2D eigenvalue weighted by molar-refractivity contribution is 9.10. The van der Waals surface area contributed by atoms with E-state index in [-0.39, 0.29) is 5.82 Å². The van der Waals surface area contributed by atoms with E-state index in [0.717, 1.165) is 21.3 Å². The van der Waals surface area contributed by atoms with Crippen LogP contribution in [0.4, 0.5) is 10.1 Å². The minimum Gasteiger partial charge on any atom is -0.380 e. The summed E-state index contributed by atoms with van der Waals surface area (Å²) in [5.74, 6) is -0.253. The molecular weight excluding hydrogens is 307 g/mol. The van der Waals surface area contributed by atoms with Crippen LogP contribution in [-0.2, 0) is 6.54 Å². The molecule has 0 spiro atoms. The number of anilines is 1. The Bertz CT molecular complexity index is 647. The SMILES string of the molecule is Cc1ccc(F)cc1CNc1cc(Br)ccc1C#N. The Morgan fingerprint density at radius 3 is 2.79 bits per heavy atom. The van der Waals surface area contributed by atoms with Crippen LogP contribution < -0.4 is 5.32 Å². The lowest BCUT2D eigenvalue weighted by Crippen LogP contribution is -2.03. The molecule has 2 aromatic rings. The van der Waals surface area contributed by atoms with Gasteiger partial charge < -0.3 is 5.32 Å². The number of hydrogen-bond donors (Lipinski definition) is 1. The van der Waals surface area contributed by atoms with Gasteiger partial charge in [0.1, 0.15) is 11.9 Å². The molecule has 4 heteroatoms. The first-order chi connectivity index (χ1) is 9.10. The van der Waals surface area contributed by atoms with Crippen molar-refractivity contribution in [3.63, 3.8) is 0 Å². The van der Waals surface area contributed by atoms with Crippen LogP contribution in [0.15, 0.2) is 40.9 Å². The topological polar surface area (TPSA) is 35.8 Å². The second-order valence-electron chi connectivity index (χ2n) is 4.23. The maximum absolute atomic E-state index is 13.2. The zero-order valence-corrected chi connectivity index (χ0v) is 12.0. The molecule has 0 aliphatic carbocycles. The average molecular weight is 319 g/mol. The van der Waals surface area contributed by atoms with Gasteiger partial charge >= 0.3 is 0 Å². The summed E-state index contributed by atoms with van der Waals surface area (Å²) in [6, 6.07) is 12.2. The van der Waals surface area contributed by atoms with E-state index in [0.29, 0.717) is 12.1 Å². The van der Waals surface area contributed by atoms with Gasteiger partial charge in [0.05, 0.1) is 11.3 Å². The van der Waals surface area contributed by atoms with Gasteiger partial charge in [0.25, 0.3) is 0 Å². The molecule has 0 saturated heterocycles. The largest absolute Gasteiger partial charge is 0.380 e. The molecule has 0 amide bonds. The normalized spacial score (nSPS) is 10.0. The molecule has 0 aliphatic heterocycles. The number of hydrogen-bond acceptors (Lipinski definition) is 2. The maximum atomic E-state index is 13.2. The monoisotopic (exact) mass is 318 g/mol. The first-order valence-electron chi connectivity index (χ1n) is 5.78. The van der Waals surface area contributed by atoms with Crippen LogP contribution in [0.3, 0.4) is 0 Å². The van der Waals surface area contributed by atoms with E-state index in [4.69, 9.17) is 5.26 Å². The Morgan fingerprint density at radius 1 is 1.26 bits per heavy atom. The summed E-state index contributed by atoms with van der Waals surface area (Å²) >= 11 is 3.37. The zero-order chi connectivity index (χ0) is 13.8. The molecule has 0 saturated carbocycles. The fraction of sp³-hybridized carbons (Fsp3) is 0.133. The van der Waals surface area contributed by atoms with Crippen molar-refractivity contribution in [3.8, 4) is 6.07 Å².